The number of aromatic nitrogens is 3. The van der Waals surface area contributed by atoms with Crippen LogP contribution in [0.2, 0.25) is 0 Å². The third kappa shape index (κ3) is 9.90. The summed E-state index contributed by atoms with van der Waals surface area (Å²) in [4.78, 5) is 15.8. The predicted molar refractivity (Wildman–Crippen MR) is 362 cm³/mol. The van der Waals surface area contributed by atoms with E-state index in [1.54, 1.807) is 0 Å². The molecule has 3 aliphatic rings. The summed E-state index contributed by atoms with van der Waals surface area (Å²) < 4.78 is 0. The second-order valence-corrected chi connectivity index (χ2v) is 29.2. The maximum atomic E-state index is 5.26. The van der Waals surface area contributed by atoms with Crippen LogP contribution in [0.25, 0.3) is 101 Å². The van der Waals surface area contributed by atoms with Crippen LogP contribution < -0.4 is 0 Å². The Labute approximate surface area is 508 Å². The Morgan fingerprint density at radius 2 is 0.482 bits per heavy atom. The van der Waals surface area contributed by atoms with Crippen molar-refractivity contribution >= 4 is 0 Å². The molecule has 3 aromatic heterocycles. The van der Waals surface area contributed by atoms with Crippen LogP contribution in [0.15, 0.2) is 182 Å². The van der Waals surface area contributed by atoms with Crippen LogP contribution >= 0.6 is 0 Å². The van der Waals surface area contributed by atoms with Gasteiger partial charge in [-0.3, -0.25) is 15.0 Å². The molecule has 7 aromatic carbocycles. The summed E-state index contributed by atoms with van der Waals surface area (Å²) in [6.45, 7) is 35.3. The number of hydrogen-bond acceptors (Lipinski definition) is 3. The first-order chi connectivity index (χ1) is 39.8. The molecule has 428 valence electrons. The molecular weight excluding hydrogens is 1030 g/mol. The zero-order chi connectivity index (χ0) is 59.0. The van der Waals surface area contributed by atoms with Crippen LogP contribution in [0.5, 0.6) is 0 Å². The van der Waals surface area contributed by atoms with E-state index in [-0.39, 0.29) is 39.9 Å². The van der Waals surface area contributed by atoms with Gasteiger partial charge in [-0.05, 0) is 227 Å². The molecule has 0 spiro atoms. The van der Waals surface area contributed by atoms with Gasteiger partial charge in [-0.15, -0.1) is 0 Å². The van der Waals surface area contributed by atoms with Crippen molar-refractivity contribution < 1.29 is 0 Å². The second kappa shape index (κ2) is 20.3. The summed E-state index contributed by atoms with van der Waals surface area (Å²) in [5.41, 5.74) is 33.3. The van der Waals surface area contributed by atoms with Crippen molar-refractivity contribution in [1.82, 2.24) is 15.0 Å². The van der Waals surface area contributed by atoms with Crippen molar-refractivity contribution in [3.05, 3.63) is 232 Å². The van der Waals surface area contributed by atoms with Gasteiger partial charge < -0.3 is 0 Å². The molecule has 0 atom stereocenters. The second-order valence-electron chi connectivity index (χ2n) is 29.2. The van der Waals surface area contributed by atoms with Crippen molar-refractivity contribution in [3.8, 4) is 101 Å². The molecule has 0 fully saturated rings. The van der Waals surface area contributed by atoms with Crippen molar-refractivity contribution in [3.63, 3.8) is 0 Å². The summed E-state index contributed by atoms with van der Waals surface area (Å²) in [6.07, 6.45) is 9.72. The van der Waals surface area contributed by atoms with E-state index in [1.807, 2.05) is 0 Å². The van der Waals surface area contributed by atoms with E-state index in [0.717, 1.165) is 103 Å². The smallest absolute Gasteiger partial charge is 0.0705 e. The first-order valence-corrected chi connectivity index (χ1v) is 30.6. The fraction of sp³-hybridized carbons (Fsp3) is 0.305. The Morgan fingerprint density at radius 1 is 0.247 bits per heavy atom. The van der Waals surface area contributed by atoms with Crippen molar-refractivity contribution in [1.29, 1.82) is 0 Å². The number of benzene rings is 7. The van der Waals surface area contributed by atoms with Gasteiger partial charge in [0.05, 0.1) is 17.1 Å². The largest absolute Gasteiger partial charge is 0.256 e. The number of nitrogens with zero attached hydrogens (tertiary/aromatic N) is 3. The average molecular weight is 1110 g/mol. The van der Waals surface area contributed by atoms with Gasteiger partial charge in [-0.25, -0.2) is 0 Å². The van der Waals surface area contributed by atoms with E-state index in [1.165, 1.54) is 66.8 Å². The van der Waals surface area contributed by atoms with Crippen molar-refractivity contribution in [2.75, 3.05) is 0 Å². The minimum atomic E-state index is 0. The molecule has 0 N–H and O–H groups in total. The van der Waals surface area contributed by atoms with Crippen molar-refractivity contribution in [2.24, 2.45) is 0 Å². The third-order valence-corrected chi connectivity index (χ3v) is 19.8. The van der Waals surface area contributed by atoms with Crippen LogP contribution in [0.4, 0.5) is 0 Å². The van der Waals surface area contributed by atoms with Gasteiger partial charge in [0.25, 0.3) is 0 Å². The van der Waals surface area contributed by atoms with Gasteiger partial charge in [-0.1, -0.05) is 200 Å². The van der Waals surface area contributed by atoms with Crippen LogP contribution in [0, 0.1) is 20.8 Å². The quantitative estimate of drug-likeness (QED) is 0.145. The maximum absolute atomic E-state index is 5.26. The molecular formula is C82H85N3. The summed E-state index contributed by atoms with van der Waals surface area (Å²) in [5, 5.41) is 0. The van der Waals surface area contributed by atoms with E-state index >= 15 is 0 Å². The molecule has 0 bridgehead atoms. The van der Waals surface area contributed by atoms with Gasteiger partial charge in [0.15, 0.2) is 0 Å². The lowest BCUT2D eigenvalue weighted by atomic mass is 9.82. The normalized spacial score (nSPS) is 17.0. The Bertz CT molecular complexity index is 3870. The van der Waals surface area contributed by atoms with Crippen LogP contribution in [0.3, 0.4) is 0 Å². The molecule has 0 radical (unpaired) electrons. The van der Waals surface area contributed by atoms with E-state index in [9.17, 15) is 0 Å². The molecule has 13 rings (SSSR count). The average Bonchev–Trinajstić information content (AvgIpc) is 2.14. The highest BCUT2D eigenvalue weighted by Gasteiger charge is 2.44. The van der Waals surface area contributed by atoms with Crippen LogP contribution in [-0.2, 0) is 32.5 Å². The molecule has 3 heterocycles. The lowest BCUT2D eigenvalue weighted by Gasteiger charge is -2.22. The van der Waals surface area contributed by atoms with Gasteiger partial charge in [0, 0.05) is 52.0 Å². The highest BCUT2D eigenvalue weighted by atomic mass is 14.7. The Morgan fingerprint density at radius 3 is 0.729 bits per heavy atom. The third-order valence-electron chi connectivity index (χ3n) is 19.8. The number of pyridine rings is 3. The summed E-state index contributed by atoms with van der Waals surface area (Å²) in [7, 11) is 0. The minimum absolute atomic E-state index is 0. The zero-order valence-corrected chi connectivity index (χ0v) is 52.3. The zero-order valence-electron chi connectivity index (χ0n) is 52.3. The van der Waals surface area contributed by atoms with Gasteiger partial charge in [0.1, 0.15) is 0 Å². The fourth-order valence-electron chi connectivity index (χ4n) is 16.4. The predicted octanol–water partition coefficient (Wildman–Crippen LogP) is 22.3. The molecule has 0 saturated carbocycles. The minimum Gasteiger partial charge on any atom is -0.256 e. The lowest BCUT2D eigenvalue weighted by Crippen LogP contribution is -2.18. The topological polar surface area (TPSA) is 38.7 Å². The van der Waals surface area contributed by atoms with E-state index < -0.39 is 0 Å². The number of fused-ring (bicyclic) bond motifs is 3. The van der Waals surface area contributed by atoms with Crippen molar-refractivity contribution in [2.45, 2.75) is 163 Å². The Kier molecular flexibility index (Phi) is 13.7. The molecule has 3 heteroatoms. The molecule has 3 aliphatic carbocycles. The summed E-state index contributed by atoms with van der Waals surface area (Å²) >= 11 is 0. The highest BCUT2D eigenvalue weighted by Crippen LogP contribution is 2.54. The molecule has 0 saturated heterocycles. The van der Waals surface area contributed by atoms with Crippen LogP contribution in [0.1, 0.15) is 160 Å². The molecule has 0 unspecified atom stereocenters. The van der Waals surface area contributed by atoms with E-state index in [2.05, 4.69) is 286 Å². The molecule has 10 aromatic rings. The summed E-state index contributed by atoms with van der Waals surface area (Å²) in [5.74, 6) is 0. The Hall–Kier alpha value is -8.01. The SMILES string of the molecule is C.Cc1cc(-c2ccc3c(c2)C(C)(C)CC3(C)C)ncc1-c1ccccc1-c1cc(-c2ccccc2-c2cnc(-c3ccc4c(c3)C(C)(C)CC4(C)C)cc2C)cc(-c2ccccc2-c2cnc(-c3ccc4c(c3)C(C)(C)CC4(C)C)cc2C)c1. The monoisotopic (exact) mass is 1110 g/mol. The fourth-order valence-corrected chi connectivity index (χ4v) is 16.4. The highest BCUT2D eigenvalue weighted by molar-refractivity contribution is 5.95. The number of rotatable bonds is 9. The van der Waals surface area contributed by atoms with Gasteiger partial charge >= 0.3 is 0 Å². The first kappa shape index (κ1) is 57.4. The molecule has 0 aliphatic heterocycles. The summed E-state index contributed by atoms with van der Waals surface area (Å²) in [6, 6.07) is 61.9. The van der Waals surface area contributed by atoms with Gasteiger partial charge in [-0.2, -0.15) is 0 Å². The van der Waals surface area contributed by atoms with E-state index in [4.69, 9.17) is 15.0 Å². The molecule has 85 heavy (non-hydrogen) atoms. The van der Waals surface area contributed by atoms with E-state index in [0.29, 0.717) is 0 Å². The Balaban J connectivity index is 0.00000709. The standard InChI is InChI=1S/C81H81N3.CH4/c1-49-34-73(52-28-31-67-70(40-52)79(10,11)46-76(67,4)5)82-43-64(49)61-25-19-16-22-58(61)55-37-56(59-23-17-20-26-62(59)65-44-83-74(35-50(65)2)53-29-32-68-71(41-53)80(12,13)47-77(68,6)7)39-57(38-55)60-24-18-21-27-63(60)66-45-84-75(36-51(66)3)54-30-33-69-72(42-54)81(14,15)48-78(69,8)9;/h16-45H,46-48H2,1-15H3;1H4. The maximum Gasteiger partial charge on any atom is 0.0705 e. The molecule has 3 nitrogen and oxygen atoms in total. The number of hydrogen-bond donors (Lipinski definition) is 0. The van der Waals surface area contributed by atoms with Gasteiger partial charge in [0.2, 0.25) is 0 Å². The first-order valence-electron chi connectivity index (χ1n) is 30.6. The van der Waals surface area contributed by atoms with Crippen LogP contribution in [-0.4, -0.2) is 15.0 Å². The lowest BCUT2D eigenvalue weighted by molar-refractivity contribution is 0.402. The molecule has 0 amide bonds. The number of aryl methyl sites for hydroxylation is 3.